The average Bonchev–Trinajstić information content (AvgIpc) is 3.81. The van der Waals surface area contributed by atoms with Gasteiger partial charge < -0.3 is 30.7 Å². The summed E-state index contributed by atoms with van der Waals surface area (Å²) in [4.78, 5) is 59.0. The number of β-amino-alcohol motifs (C(OH)–C–C–N with tert-alkyl or cyclic N) is 1. The van der Waals surface area contributed by atoms with Crippen LogP contribution in [0.25, 0.3) is 10.4 Å². The molecule has 0 unspecified atom stereocenters. The number of carbonyl (C=O) groups excluding carboxylic acids is 4. The van der Waals surface area contributed by atoms with E-state index in [4.69, 9.17) is 4.74 Å². The number of benzene rings is 1. The summed E-state index contributed by atoms with van der Waals surface area (Å²) in [6, 6.07) is 6.14. The van der Waals surface area contributed by atoms with Gasteiger partial charge in [0.1, 0.15) is 17.7 Å². The standard InChI is InChI=1S/C37H54N8O6S/c1-24-31(52-23-40-24)26-15-13-25(14-16-26)20-39-33(48)29-19-28(46)22-45(29)34(49)32(36(2,3)4)41-30(47)12-10-11-27-21-44(43-42-27)18-9-8-17-38-35(50)51-37(5,6)7/h13-16,21,23,28-29,32,46H,8-12,17-20,22H2,1-7H3,(H,38,50)(H,39,48)(H,41,47)/t28-,29+,32-/m1/s1. The molecule has 0 spiro atoms. The molecule has 4 N–H and O–H groups in total. The number of rotatable bonds is 15. The molecule has 0 bridgehead atoms. The Morgan fingerprint density at radius 2 is 1.77 bits per heavy atom. The van der Waals surface area contributed by atoms with E-state index in [1.165, 1.54) is 4.90 Å². The third-order valence-corrected chi connectivity index (χ3v) is 9.59. The lowest BCUT2D eigenvalue weighted by Crippen LogP contribution is -2.57. The van der Waals surface area contributed by atoms with E-state index in [1.807, 2.05) is 84.4 Å². The number of hydrogen-bond acceptors (Lipinski definition) is 10. The molecule has 4 amide bonds. The van der Waals surface area contributed by atoms with E-state index < -0.39 is 41.2 Å². The number of aliphatic hydroxyl groups excluding tert-OH is 1. The fourth-order valence-corrected chi connectivity index (χ4v) is 6.72. The molecular weight excluding hydrogens is 685 g/mol. The highest BCUT2D eigenvalue weighted by molar-refractivity contribution is 7.13. The fourth-order valence-electron chi connectivity index (χ4n) is 5.91. The van der Waals surface area contributed by atoms with Crippen molar-refractivity contribution in [2.24, 2.45) is 5.41 Å². The smallest absolute Gasteiger partial charge is 0.407 e. The molecule has 15 heteroatoms. The maximum atomic E-state index is 13.9. The van der Waals surface area contributed by atoms with E-state index in [1.54, 1.807) is 16.0 Å². The van der Waals surface area contributed by atoms with Crippen LogP contribution in [0, 0.1) is 12.3 Å². The van der Waals surface area contributed by atoms with E-state index in [0.717, 1.165) is 40.2 Å². The van der Waals surface area contributed by atoms with Crippen molar-refractivity contribution in [3.8, 4) is 10.4 Å². The summed E-state index contributed by atoms with van der Waals surface area (Å²) in [6.07, 6.45) is 3.46. The Bertz CT molecular complexity index is 1660. The first-order valence-electron chi connectivity index (χ1n) is 17.9. The molecule has 3 heterocycles. The Kier molecular flexibility index (Phi) is 13.9. The molecule has 3 atom stereocenters. The minimum absolute atomic E-state index is 0.0121. The monoisotopic (exact) mass is 738 g/mol. The molecular formula is C37H54N8O6S. The average molecular weight is 739 g/mol. The zero-order valence-electron chi connectivity index (χ0n) is 31.4. The van der Waals surface area contributed by atoms with Gasteiger partial charge in [-0.3, -0.25) is 19.1 Å². The Morgan fingerprint density at radius 3 is 2.42 bits per heavy atom. The molecule has 0 saturated carbocycles. The number of alkyl carbamates (subject to hydrolysis) is 1. The van der Waals surface area contributed by atoms with Crippen molar-refractivity contribution in [3.63, 3.8) is 0 Å². The van der Waals surface area contributed by atoms with Gasteiger partial charge in [-0.25, -0.2) is 9.78 Å². The summed E-state index contributed by atoms with van der Waals surface area (Å²) < 4.78 is 6.98. The van der Waals surface area contributed by atoms with E-state index in [-0.39, 0.29) is 37.7 Å². The minimum Gasteiger partial charge on any atom is -0.444 e. The second kappa shape index (κ2) is 17.9. The van der Waals surface area contributed by atoms with Gasteiger partial charge in [0.15, 0.2) is 0 Å². The summed E-state index contributed by atoms with van der Waals surface area (Å²) in [5.74, 6) is -1.03. The largest absolute Gasteiger partial charge is 0.444 e. The second-order valence-electron chi connectivity index (χ2n) is 15.4. The summed E-state index contributed by atoms with van der Waals surface area (Å²) in [5.41, 5.74) is 4.32. The number of nitrogens with one attached hydrogen (secondary N) is 3. The molecule has 1 aliphatic heterocycles. The van der Waals surface area contributed by atoms with Crippen molar-refractivity contribution in [1.82, 2.24) is 40.8 Å². The number of aryl methyl sites for hydroxylation is 3. The van der Waals surface area contributed by atoms with Gasteiger partial charge in [-0.05, 0) is 69.9 Å². The van der Waals surface area contributed by atoms with Gasteiger partial charge in [0.05, 0.1) is 27.9 Å². The third-order valence-electron chi connectivity index (χ3n) is 8.62. The van der Waals surface area contributed by atoms with Crippen LogP contribution in [0.5, 0.6) is 0 Å². The van der Waals surface area contributed by atoms with Crippen molar-refractivity contribution >= 4 is 35.2 Å². The number of thiazole rings is 1. The maximum absolute atomic E-state index is 13.9. The number of aliphatic hydroxyl groups is 1. The first-order chi connectivity index (χ1) is 24.5. The molecule has 1 aromatic carbocycles. The van der Waals surface area contributed by atoms with E-state index in [0.29, 0.717) is 25.9 Å². The summed E-state index contributed by atoms with van der Waals surface area (Å²) in [7, 11) is 0. The van der Waals surface area contributed by atoms with E-state index >= 15 is 0 Å². The van der Waals surface area contributed by atoms with Crippen LogP contribution in [-0.2, 0) is 38.6 Å². The van der Waals surface area contributed by atoms with Crippen molar-refractivity contribution in [1.29, 1.82) is 0 Å². The van der Waals surface area contributed by atoms with Crippen LogP contribution in [0.4, 0.5) is 4.79 Å². The SMILES string of the molecule is Cc1ncsc1-c1ccc(CNC(=O)[C@@H]2C[C@@H](O)CN2C(=O)[C@@H](NC(=O)CCCc2cn(CCCCNC(=O)OC(C)(C)C)nn2)C(C)(C)C)cc1. The lowest BCUT2D eigenvalue weighted by Gasteiger charge is -2.35. The van der Waals surface area contributed by atoms with Crippen molar-refractivity contribution < 1.29 is 29.0 Å². The van der Waals surface area contributed by atoms with Gasteiger partial charge in [0.25, 0.3) is 0 Å². The molecule has 1 fully saturated rings. The van der Waals surface area contributed by atoms with Crippen LogP contribution in [0.3, 0.4) is 0 Å². The quantitative estimate of drug-likeness (QED) is 0.167. The minimum atomic E-state index is -0.894. The highest BCUT2D eigenvalue weighted by Crippen LogP contribution is 2.28. The number of aromatic nitrogens is 4. The molecule has 0 radical (unpaired) electrons. The summed E-state index contributed by atoms with van der Waals surface area (Å²) >= 11 is 1.58. The molecule has 52 heavy (non-hydrogen) atoms. The van der Waals surface area contributed by atoms with Crippen molar-refractivity contribution in [2.75, 3.05) is 13.1 Å². The molecule has 14 nitrogen and oxygen atoms in total. The lowest BCUT2D eigenvalue weighted by molar-refractivity contribution is -0.144. The number of likely N-dealkylation sites (tertiary alicyclic amines) is 1. The van der Waals surface area contributed by atoms with Gasteiger partial charge in [0.2, 0.25) is 17.7 Å². The van der Waals surface area contributed by atoms with Crippen LogP contribution in [0.2, 0.25) is 0 Å². The zero-order valence-corrected chi connectivity index (χ0v) is 32.2. The molecule has 2 aromatic heterocycles. The number of nitrogens with zero attached hydrogens (tertiary/aromatic N) is 5. The van der Waals surface area contributed by atoms with Crippen molar-refractivity contribution in [3.05, 3.63) is 52.9 Å². The first-order valence-corrected chi connectivity index (χ1v) is 18.8. The van der Waals surface area contributed by atoms with Gasteiger partial charge in [-0.1, -0.05) is 50.3 Å². The number of hydrogen-bond donors (Lipinski definition) is 4. The Hall–Kier alpha value is -4.37. The predicted octanol–water partition coefficient (Wildman–Crippen LogP) is 4.15. The van der Waals surface area contributed by atoms with Gasteiger partial charge in [-0.15, -0.1) is 16.4 Å². The molecule has 284 valence electrons. The number of ether oxygens (including phenoxy) is 1. The van der Waals surface area contributed by atoms with Crippen LogP contribution in [0.15, 0.2) is 36.0 Å². The molecule has 1 saturated heterocycles. The van der Waals surface area contributed by atoms with Crippen LogP contribution in [0.1, 0.15) is 90.6 Å². The van der Waals surface area contributed by atoms with Crippen LogP contribution < -0.4 is 16.0 Å². The highest BCUT2D eigenvalue weighted by Gasteiger charge is 2.44. The van der Waals surface area contributed by atoms with E-state index in [9.17, 15) is 24.3 Å². The van der Waals surface area contributed by atoms with Crippen molar-refractivity contribution in [2.45, 2.75) is 124 Å². The highest BCUT2D eigenvalue weighted by atomic mass is 32.1. The first kappa shape index (κ1) is 40.4. The Balaban J connectivity index is 1.23. The second-order valence-corrected chi connectivity index (χ2v) is 16.3. The van der Waals surface area contributed by atoms with Crippen LogP contribution >= 0.6 is 11.3 Å². The predicted molar refractivity (Wildman–Crippen MR) is 198 cm³/mol. The normalized spacial score (nSPS) is 16.7. The summed E-state index contributed by atoms with van der Waals surface area (Å²) in [6.45, 7) is 14.4. The zero-order chi connectivity index (χ0) is 38.1. The third kappa shape index (κ3) is 12.1. The number of amides is 4. The molecule has 1 aliphatic rings. The summed E-state index contributed by atoms with van der Waals surface area (Å²) in [5, 5.41) is 27.5. The lowest BCUT2D eigenvalue weighted by atomic mass is 9.85. The molecule has 4 rings (SSSR count). The molecule has 0 aliphatic carbocycles. The number of carbonyl (C=O) groups is 4. The van der Waals surface area contributed by atoms with Gasteiger partial charge in [-0.2, -0.15) is 0 Å². The van der Waals surface area contributed by atoms with Gasteiger partial charge in [0, 0.05) is 45.2 Å². The Labute approximate surface area is 310 Å². The van der Waals surface area contributed by atoms with Crippen LogP contribution in [-0.4, -0.2) is 90.7 Å². The topological polar surface area (TPSA) is 181 Å². The fraction of sp³-hybridized carbons (Fsp3) is 0.595. The maximum Gasteiger partial charge on any atom is 0.407 e. The number of unbranched alkanes of at least 4 members (excludes halogenated alkanes) is 1. The Morgan fingerprint density at radius 1 is 1.04 bits per heavy atom. The van der Waals surface area contributed by atoms with E-state index in [2.05, 4.69) is 31.2 Å². The molecule has 3 aromatic rings. The van der Waals surface area contributed by atoms with Gasteiger partial charge >= 0.3 is 6.09 Å².